The summed E-state index contributed by atoms with van der Waals surface area (Å²) in [5, 5.41) is 14.6. The fourth-order valence-electron chi connectivity index (χ4n) is 3.28. The van der Waals surface area contributed by atoms with Gasteiger partial charge in [-0.25, -0.2) is 0 Å². The summed E-state index contributed by atoms with van der Waals surface area (Å²) in [6, 6.07) is -0.0716. The van der Waals surface area contributed by atoms with Gasteiger partial charge in [0.15, 0.2) is 5.84 Å². The van der Waals surface area contributed by atoms with Crippen molar-refractivity contribution in [3.63, 3.8) is 0 Å². The van der Waals surface area contributed by atoms with E-state index in [9.17, 15) is 9.59 Å². The molecule has 104 valence electrons. The third kappa shape index (κ3) is 1.67. The largest absolute Gasteiger partial charge is 0.409 e. The number of nitrogens with one attached hydrogen (secondary N) is 1. The van der Waals surface area contributed by atoms with Crippen molar-refractivity contribution >= 4 is 17.6 Å². The van der Waals surface area contributed by atoms with Gasteiger partial charge in [-0.2, -0.15) is 0 Å². The summed E-state index contributed by atoms with van der Waals surface area (Å²) in [7, 11) is 0. The van der Waals surface area contributed by atoms with Gasteiger partial charge in [0, 0.05) is 13.1 Å². The van der Waals surface area contributed by atoms with Crippen LogP contribution in [0.3, 0.4) is 0 Å². The molecule has 0 aromatic rings. The molecule has 3 aliphatic rings. The van der Waals surface area contributed by atoms with Gasteiger partial charge >= 0.3 is 0 Å². The molecule has 2 unspecified atom stereocenters. The first kappa shape index (κ1) is 12.3. The summed E-state index contributed by atoms with van der Waals surface area (Å²) in [6.07, 6.45) is 2.90. The maximum absolute atomic E-state index is 12.6. The number of amidine groups is 1. The Bertz CT molecular complexity index is 458. The lowest BCUT2D eigenvalue weighted by atomic mass is 9.89. The number of hydrogen-bond donors (Lipinski definition) is 3. The Hall–Kier alpha value is -1.79. The average Bonchev–Trinajstić information content (AvgIpc) is 3.17. The zero-order chi connectivity index (χ0) is 13.6. The second-order valence-electron chi connectivity index (χ2n) is 5.63. The minimum absolute atomic E-state index is 0.00286. The Morgan fingerprint density at radius 3 is 2.89 bits per heavy atom. The summed E-state index contributed by atoms with van der Waals surface area (Å²) < 4.78 is 0. The highest BCUT2D eigenvalue weighted by molar-refractivity contribution is 6.09. The number of carbonyl (C=O) groups is 2. The Morgan fingerprint density at radius 1 is 1.53 bits per heavy atom. The molecular formula is C12H18N4O3. The van der Waals surface area contributed by atoms with Gasteiger partial charge in [0.25, 0.3) is 0 Å². The summed E-state index contributed by atoms with van der Waals surface area (Å²) >= 11 is 0. The van der Waals surface area contributed by atoms with Crippen LogP contribution in [-0.2, 0) is 9.59 Å². The Balaban J connectivity index is 1.82. The molecule has 0 aromatic heterocycles. The van der Waals surface area contributed by atoms with E-state index >= 15 is 0 Å². The Morgan fingerprint density at radius 2 is 2.26 bits per heavy atom. The zero-order valence-electron chi connectivity index (χ0n) is 10.6. The van der Waals surface area contributed by atoms with Crippen LogP contribution < -0.4 is 11.1 Å². The van der Waals surface area contributed by atoms with Crippen molar-refractivity contribution < 1.29 is 14.8 Å². The summed E-state index contributed by atoms with van der Waals surface area (Å²) in [5.41, 5.74) is 4.84. The molecule has 19 heavy (non-hydrogen) atoms. The topological polar surface area (TPSA) is 108 Å². The third-order valence-electron chi connectivity index (χ3n) is 4.62. The quantitative estimate of drug-likeness (QED) is 0.264. The van der Waals surface area contributed by atoms with E-state index < -0.39 is 5.41 Å². The molecule has 2 atom stereocenters. The highest BCUT2D eigenvalue weighted by atomic mass is 16.4. The molecule has 0 aromatic carbocycles. The lowest BCUT2D eigenvalue weighted by Gasteiger charge is -2.37. The molecule has 0 spiro atoms. The number of likely N-dealkylation sites (tertiary alicyclic amines) is 1. The van der Waals surface area contributed by atoms with Crippen LogP contribution in [0, 0.1) is 11.3 Å². The number of nitrogens with two attached hydrogens (primary N) is 1. The summed E-state index contributed by atoms with van der Waals surface area (Å²) in [6.45, 7) is 1.16. The van der Waals surface area contributed by atoms with Crippen molar-refractivity contribution in [1.82, 2.24) is 10.2 Å². The van der Waals surface area contributed by atoms with Crippen molar-refractivity contribution in [2.24, 2.45) is 22.2 Å². The fourth-order valence-corrected chi connectivity index (χ4v) is 3.28. The van der Waals surface area contributed by atoms with E-state index in [0.29, 0.717) is 25.9 Å². The van der Waals surface area contributed by atoms with Gasteiger partial charge in [0.05, 0.1) is 12.0 Å². The predicted molar refractivity (Wildman–Crippen MR) is 66.3 cm³/mol. The molecule has 1 aliphatic carbocycles. The molecular weight excluding hydrogens is 248 g/mol. The normalized spacial score (nSPS) is 32.7. The lowest BCUT2D eigenvalue weighted by molar-refractivity contribution is -0.140. The number of rotatable bonds is 2. The number of nitrogens with zero attached hydrogens (tertiary/aromatic N) is 2. The number of oxime groups is 1. The third-order valence-corrected chi connectivity index (χ3v) is 4.62. The summed E-state index contributed by atoms with van der Waals surface area (Å²) in [5.74, 6) is -0.150. The van der Waals surface area contributed by atoms with Gasteiger partial charge < -0.3 is 21.2 Å². The molecule has 3 fully saturated rings. The van der Waals surface area contributed by atoms with E-state index in [1.54, 1.807) is 4.90 Å². The van der Waals surface area contributed by atoms with Crippen LogP contribution in [0.4, 0.5) is 0 Å². The number of hydrogen-bond acceptors (Lipinski definition) is 4. The van der Waals surface area contributed by atoms with Crippen LogP contribution in [0.1, 0.15) is 25.7 Å². The van der Waals surface area contributed by atoms with E-state index in [2.05, 4.69) is 10.5 Å². The van der Waals surface area contributed by atoms with Crippen molar-refractivity contribution in [2.75, 3.05) is 13.1 Å². The van der Waals surface area contributed by atoms with Gasteiger partial charge in [0.2, 0.25) is 11.8 Å². The number of piperidine rings is 1. The van der Waals surface area contributed by atoms with E-state index in [1.165, 1.54) is 0 Å². The van der Waals surface area contributed by atoms with Gasteiger partial charge in [-0.3, -0.25) is 9.59 Å². The number of fused-ring (bicyclic) bond motifs is 1. The molecule has 2 saturated heterocycles. The Labute approximate surface area is 110 Å². The van der Waals surface area contributed by atoms with Crippen LogP contribution >= 0.6 is 0 Å². The van der Waals surface area contributed by atoms with Crippen molar-refractivity contribution in [3.8, 4) is 0 Å². The predicted octanol–water partition coefficient (Wildman–Crippen LogP) is -0.750. The molecule has 2 amide bonds. The SMILES string of the molecule is NC(=NO)C1(C(=O)N2CCCC3C(=O)NCC32)CC1. The standard InChI is InChI=1S/C12H18N4O3/c13-10(15-19)12(3-4-12)11(18)16-5-1-2-7-8(16)6-14-9(7)17/h7-8,19H,1-6H2,(H2,13,15)(H,14,17). The minimum atomic E-state index is -0.817. The molecule has 1 saturated carbocycles. The van der Waals surface area contributed by atoms with Gasteiger partial charge in [-0.05, 0) is 25.7 Å². The highest BCUT2D eigenvalue weighted by Crippen LogP contribution is 2.48. The second kappa shape index (κ2) is 4.11. The van der Waals surface area contributed by atoms with Crippen LogP contribution in [0.5, 0.6) is 0 Å². The van der Waals surface area contributed by atoms with Crippen LogP contribution in [0.2, 0.25) is 0 Å². The van der Waals surface area contributed by atoms with E-state index in [1.807, 2.05) is 0 Å². The first-order valence-corrected chi connectivity index (χ1v) is 6.67. The summed E-state index contributed by atoms with van der Waals surface area (Å²) in [4.78, 5) is 26.1. The monoisotopic (exact) mass is 266 g/mol. The first-order valence-electron chi connectivity index (χ1n) is 6.67. The van der Waals surface area contributed by atoms with Gasteiger partial charge in [0.1, 0.15) is 5.41 Å². The van der Waals surface area contributed by atoms with Crippen LogP contribution in [0.15, 0.2) is 5.16 Å². The molecule has 0 radical (unpaired) electrons. The lowest BCUT2D eigenvalue weighted by Crippen LogP contribution is -2.53. The molecule has 7 nitrogen and oxygen atoms in total. The number of carbonyl (C=O) groups excluding carboxylic acids is 2. The Kier molecular flexibility index (Phi) is 2.65. The minimum Gasteiger partial charge on any atom is -0.409 e. The van der Waals surface area contributed by atoms with Crippen molar-refractivity contribution in [1.29, 1.82) is 0 Å². The van der Waals surface area contributed by atoms with Crippen LogP contribution in [-0.4, -0.2) is 46.9 Å². The first-order chi connectivity index (χ1) is 9.10. The van der Waals surface area contributed by atoms with E-state index in [-0.39, 0.29) is 29.6 Å². The smallest absolute Gasteiger partial charge is 0.236 e. The maximum atomic E-state index is 12.6. The molecule has 3 rings (SSSR count). The highest BCUT2D eigenvalue weighted by Gasteiger charge is 2.58. The van der Waals surface area contributed by atoms with Gasteiger partial charge in [-0.1, -0.05) is 5.16 Å². The second-order valence-corrected chi connectivity index (χ2v) is 5.63. The number of amides is 2. The zero-order valence-corrected chi connectivity index (χ0v) is 10.6. The van der Waals surface area contributed by atoms with Crippen molar-refractivity contribution in [3.05, 3.63) is 0 Å². The molecule has 0 bridgehead atoms. The average molecular weight is 266 g/mol. The maximum Gasteiger partial charge on any atom is 0.236 e. The van der Waals surface area contributed by atoms with E-state index in [4.69, 9.17) is 10.9 Å². The van der Waals surface area contributed by atoms with Gasteiger partial charge in [-0.15, -0.1) is 0 Å². The fraction of sp³-hybridized carbons (Fsp3) is 0.750. The molecule has 2 aliphatic heterocycles. The van der Waals surface area contributed by atoms with Crippen molar-refractivity contribution in [2.45, 2.75) is 31.7 Å². The molecule has 4 N–H and O–H groups in total. The molecule has 7 heteroatoms. The van der Waals surface area contributed by atoms with E-state index in [0.717, 1.165) is 12.8 Å². The molecule has 2 heterocycles. The van der Waals surface area contributed by atoms with Crippen LogP contribution in [0.25, 0.3) is 0 Å².